The molecule has 1 saturated heterocycles. The molecule has 2 heterocycles. The number of hydrogen-bond acceptors (Lipinski definition) is 4. The van der Waals surface area contributed by atoms with Gasteiger partial charge in [-0.05, 0) is 62.5 Å². The lowest BCUT2D eigenvalue weighted by Crippen LogP contribution is -2.31. The smallest absolute Gasteiger partial charge is 0.138 e. The third-order valence-corrected chi connectivity index (χ3v) is 6.97. The monoisotopic (exact) mass is 426 g/mol. The molecule has 1 N–H and O–H groups in total. The van der Waals surface area contributed by atoms with Gasteiger partial charge in [0.15, 0.2) is 0 Å². The SMILES string of the molecule is Cc1ccc2c(c1)Cc1nc(C(C)c3ccccc3)nc(NCCCN3CCCCC3)c1-2. The van der Waals surface area contributed by atoms with Crippen molar-refractivity contribution in [1.29, 1.82) is 0 Å². The highest BCUT2D eigenvalue weighted by molar-refractivity contribution is 5.84. The molecule has 0 spiro atoms. The van der Waals surface area contributed by atoms with E-state index >= 15 is 0 Å². The second kappa shape index (κ2) is 9.41. The molecule has 4 nitrogen and oxygen atoms in total. The average Bonchev–Trinajstić information content (AvgIpc) is 3.20. The minimum Gasteiger partial charge on any atom is -0.369 e. The topological polar surface area (TPSA) is 41.1 Å². The van der Waals surface area contributed by atoms with Crippen molar-refractivity contribution in [2.75, 3.05) is 31.5 Å². The molecule has 1 fully saturated rings. The zero-order chi connectivity index (χ0) is 21.9. The van der Waals surface area contributed by atoms with Gasteiger partial charge in [-0.25, -0.2) is 9.97 Å². The van der Waals surface area contributed by atoms with E-state index in [9.17, 15) is 0 Å². The first-order valence-electron chi connectivity index (χ1n) is 12.2. The molecule has 1 aliphatic carbocycles. The van der Waals surface area contributed by atoms with Crippen molar-refractivity contribution in [3.8, 4) is 11.1 Å². The Labute approximate surface area is 192 Å². The Morgan fingerprint density at radius 3 is 2.62 bits per heavy atom. The zero-order valence-electron chi connectivity index (χ0n) is 19.4. The minimum absolute atomic E-state index is 0.167. The van der Waals surface area contributed by atoms with Crippen molar-refractivity contribution in [3.63, 3.8) is 0 Å². The summed E-state index contributed by atoms with van der Waals surface area (Å²) in [6.07, 6.45) is 6.13. The van der Waals surface area contributed by atoms with Crippen molar-refractivity contribution in [2.45, 2.75) is 51.9 Å². The van der Waals surface area contributed by atoms with Crippen molar-refractivity contribution in [3.05, 3.63) is 76.7 Å². The molecule has 1 aliphatic heterocycles. The molecule has 0 radical (unpaired) electrons. The zero-order valence-corrected chi connectivity index (χ0v) is 19.4. The van der Waals surface area contributed by atoms with Crippen molar-refractivity contribution >= 4 is 5.82 Å². The van der Waals surface area contributed by atoms with Crippen LogP contribution in [0.5, 0.6) is 0 Å². The van der Waals surface area contributed by atoms with Gasteiger partial charge in [0.1, 0.15) is 11.6 Å². The maximum atomic E-state index is 5.09. The highest BCUT2D eigenvalue weighted by Crippen LogP contribution is 2.41. The number of nitrogens with zero attached hydrogens (tertiary/aromatic N) is 3. The van der Waals surface area contributed by atoms with Gasteiger partial charge in [0.2, 0.25) is 0 Å². The summed E-state index contributed by atoms with van der Waals surface area (Å²) >= 11 is 0. The van der Waals surface area contributed by atoms with Gasteiger partial charge in [-0.2, -0.15) is 0 Å². The molecule has 5 rings (SSSR count). The molecule has 2 aliphatic rings. The third-order valence-electron chi connectivity index (χ3n) is 6.97. The number of hydrogen-bond donors (Lipinski definition) is 1. The second-order valence-electron chi connectivity index (χ2n) is 9.40. The van der Waals surface area contributed by atoms with Crippen LogP contribution in [0.15, 0.2) is 48.5 Å². The maximum Gasteiger partial charge on any atom is 0.138 e. The van der Waals surface area contributed by atoms with E-state index in [-0.39, 0.29) is 5.92 Å². The first-order chi connectivity index (χ1) is 15.7. The normalized spacial score (nSPS) is 16.4. The predicted molar refractivity (Wildman–Crippen MR) is 132 cm³/mol. The number of benzene rings is 2. The Morgan fingerprint density at radius 2 is 1.81 bits per heavy atom. The van der Waals surface area contributed by atoms with Crippen LogP contribution in [-0.4, -0.2) is 41.0 Å². The Balaban J connectivity index is 1.40. The van der Waals surface area contributed by atoms with E-state index in [4.69, 9.17) is 9.97 Å². The summed E-state index contributed by atoms with van der Waals surface area (Å²) in [5, 5.41) is 3.71. The predicted octanol–water partition coefficient (Wildman–Crippen LogP) is 5.80. The molecular formula is C28H34N4. The summed E-state index contributed by atoms with van der Waals surface area (Å²) in [7, 11) is 0. The van der Waals surface area contributed by atoms with E-state index in [0.717, 1.165) is 36.7 Å². The van der Waals surface area contributed by atoms with Crippen LogP contribution < -0.4 is 5.32 Å². The molecule has 2 aromatic carbocycles. The van der Waals surface area contributed by atoms with Crippen LogP contribution in [0.1, 0.15) is 66.7 Å². The summed E-state index contributed by atoms with van der Waals surface area (Å²) in [5.74, 6) is 2.09. The van der Waals surface area contributed by atoms with Gasteiger partial charge in [-0.1, -0.05) is 67.4 Å². The molecule has 0 bridgehead atoms. The van der Waals surface area contributed by atoms with E-state index in [2.05, 4.69) is 72.6 Å². The molecule has 0 saturated carbocycles. The minimum atomic E-state index is 0.167. The highest BCUT2D eigenvalue weighted by Gasteiger charge is 2.26. The van der Waals surface area contributed by atoms with Gasteiger partial charge < -0.3 is 10.2 Å². The molecule has 166 valence electrons. The fourth-order valence-electron chi connectivity index (χ4n) is 5.14. The van der Waals surface area contributed by atoms with Gasteiger partial charge in [0.05, 0.1) is 5.69 Å². The largest absolute Gasteiger partial charge is 0.369 e. The maximum absolute atomic E-state index is 5.09. The van der Waals surface area contributed by atoms with E-state index < -0.39 is 0 Å². The summed E-state index contributed by atoms with van der Waals surface area (Å²) in [4.78, 5) is 12.8. The van der Waals surface area contributed by atoms with Crippen LogP contribution in [0.25, 0.3) is 11.1 Å². The summed E-state index contributed by atoms with van der Waals surface area (Å²) in [6, 6.07) is 17.4. The van der Waals surface area contributed by atoms with Crippen LogP contribution >= 0.6 is 0 Å². The van der Waals surface area contributed by atoms with Gasteiger partial charge in [-0.3, -0.25) is 0 Å². The second-order valence-corrected chi connectivity index (χ2v) is 9.40. The molecular weight excluding hydrogens is 392 g/mol. The summed E-state index contributed by atoms with van der Waals surface area (Å²) < 4.78 is 0. The number of fused-ring (bicyclic) bond motifs is 3. The van der Waals surface area contributed by atoms with Gasteiger partial charge in [0.25, 0.3) is 0 Å². The lowest BCUT2D eigenvalue weighted by atomic mass is 10.00. The number of rotatable bonds is 7. The Hall–Kier alpha value is -2.72. The van der Waals surface area contributed by atoms with Crippen molar-refractivity contribution < 1.29 is 0 Å². The quantitative estimate of drug-likeness (QED) is 0.379. The van der Waals surface area contributed by atoms with Crippen molar-refractivity contribution in [1.82, 2.24) is 14.9 Å². The van der Waals surface area contributed by atoms with Crippen LogP contribution in [0.2, 0.25) is 0 Å². The molecule has 1 aromatic heterocycles. The fourth-order valence-corrected chi connectivity index (χ4v) is 5.14. The summed E-state index contributed by atoms with van der Waals surface area (Å²) in [5.41, 5.74) is 7.60. The summed E-state index contributed by atoms with van der Waals surface area (Å²) in [6.45, 7) is 9.01. The Bertz CT molecular complexity index is 1070. The van der Waals surface area contributed by atoms with E-state index in [1.807, 2.05) is 0 Å². The van der Waals surface area contributed by atoms with Crippen LogP contribution in [0, 0.1) is 6.92 Å². The van der Waals surface area contributed by atoms with Crippen molar-refractivity contribution in [2.24, 2.45) is 0 Å². The van der Waals surface area contributed by atoms with Gasteiger partial charge >= 0.3 is 0 Å². The molecule has 3 aromatic rings. The lowest BCUT2D eigenvalue weighted by Gasteiger charge is -2.26. The number of likely N-dealkylation sites (tertiary alicyclic amines) is 1. The van der Waals surface area contributed by atoms with E-state index in [0.29, 0.717) is 0 Å². The highest BCUT2D eigenvalue weighted by atomic mass is 15.1. The number of aryl methyl sites for hydroxylation is 1. The number of aromatic nitrogens is 2. The van der Waals surface area contributed by atoms with Crippen LogP contribution in [0.3, 0.4) is 0 Å². The molecule has 1 atom stereocenters. The van der Waals surface area contributed by atoms with Gasteiger partial charge in [0, 0.05) is 24.4 Å². The van der Waals surface area contributed by atoms with E-state index in [1.165, 1.54) is 66.7 Å². The van der Waals surface area contributed by atoms with Crippen LogP contribution in [0.4, 0.5) is 5.82 Å². The molecule has 0 amide bonds. The average molecular weight is 427 g/mol. The standard InChI is InChI=1S/C28H34N4/c1-20-12-13-24-23(18-20)19-25-26(24)28(29-14-9-17-32-15-7-4-8-16-32)31-27(30-25)21(2)22-10-5-3-6-11-22/h3,5-6,10-13,18,21H,4,7-9,14-17,19H2,1-2H3,(H,29,30,31). The first-order valence-corrected chi connectivity index (χ1v) is 12.2. The Kier molecular flexibility index (Phi) is 6.22. The Morgan fingerprint density at radius 1 is 1.00 bits per heavy atom. The third kappa shape index (κ3) is 4.42. The number of nitrogens with one attached hydrogen (secondary N) is 1. The molecule has 4 heteroatoms. The molecule has 32 heavy (non-hydrogen) atoms. The van der Waals surface area contributed by atoms with E-state index in [1.54, 1.807) is 0 Å². The van der Waals surface area contributed by atoms with Crippen LogP contribution in [-0.2, 0) is 6.42 Å². The fraction of sp³-hybridized carbons (Fsp3) is 0.429. The number of anilines is 1. The molecule has 1 unspecified atom stereocenters. The first kappa shape index (κ1) is 21.1. The lowest BCUT2D eigenvalue weighted by molar-refractivity contribution is 0.228. The number of piperidine rings is 1. The van der Waals surface area contributed by atoms with Gasteiger partial charge in [-0.15, -0.1) is 0 Å².